The van der Waals surface area contributed by atoms with Crippen molar-refractivity contribution in [1.82, 2.24) is 4.57 Å². The molecule has 0 spiro atoms. The van der Waals surface area contributed by atoms with E-state index >= 15 is 0 Å². The molecule has 1 atom stereocenters. The Morgan fingerprint density at radius 3 is 2.54 bits per heavy atom. The summed E-state index contributed by atoms with van der Waals surface area (Å²) in [5, 5.41) is 22.1. The molecule has 26 heavy (non-hydrogen) atoms. The predicted octanol–water partition coefficient (Wildman–Crippen LogP) is 4.91. The highest BCUT2D eigenvalue weighted by Crippen LogP contribution is 2.40. The fraction of sp³-hybridized carbons (Fsp3) is 0.529. The van der Waals surface area contributed by atoms with E-state index in [1.807, 2.05) is 0 Å². The number of aliphatic hydroxyl groups is 1. The van der Waals surface area contributed by atoms with E-state index in [0.717, 1.165) is 43.9 Å². The zero-order valence-corrected chi connectivity index (χ0v) is 14.9. The zero-order valence-electron chi connectivity index (χ0n) is 14.1. The van der Waals surface area contributed by atoms with Gasteiger partial charge in [0.25, 0.3) is 5.69 Å². The first-order valence-electron chi connectivity index (χ1n) is 8.31. The van der Waals surface area contributed by atoms with Gasteiger partial charge in [-0.2, -0.15) is 11.8 Å². The third-order valence-electron chi connectivity index (χ3n) is 4.70. The molecule has 1 aromatic carbocycles. The van der Waals surface area contributed by atoms with Crippen molar-refractivity contribution in [2.24, 2.45) is 0 Å². The van der Waals surface area contributed by atoms with Gasteiger partial charge in [0.05, 0.1) is 16.1 Å². The van der Waals surface area contributed by atoms with Crippen LogP contribution in [0.2, 0.25) is 0 Å². The summed E-state index contributed by atoms with van der Waals surface area (Å²) in [6, 6.07) is 4.41. The molecule has 1 aliphatic carbocycles. The number of rotatable bonds is 5. The molecule has 0 radical (unpaired) electrons. The van der Waals surface area contributed by atoms with E-state index in [0.29, 0.717) is 5.25 Å². The second-order valence-electron chi connectivity index (χ2n) is 6.82. The minimum atomic E-state index is -4.74. The molecule has 0 amide bonds. The number of nitro benzene ring substituents is 1. The molecule has 1 N–H and O–H groups in total. The van der Waals surface area contributed by atoms with Crippen LogP contribution in [-0.4, -0.2) is 25.6 Å². The highest BCUT2D eigenvalue weighted by molar-refractivity contribution is 7.99. The molecule has 2 aromatic rings. The number of aromatic nitrogens is 1. The number of nitro groups is 1. The number of hydrogen-bond donors (Lipinski definition) is 1. The lowest BCUT2D eigenvalue weighted by atomic mass is 10.1. The van der Waals surface area contributed by atoms with E-state index in [9.17, 15) is 28.4 Å². The molecular formula is C17H19F3N2O3S. The van der Waals surface area contributed by atoms with Crippen molar-refractivity contribution < 1.29 is 23.2 Å². The highest BCUT2D eigenvalue weighted by atomic mass is 32.2. The van der Waals surface area contributed by atoms with Gasteiger partial charge in [-0.15, -0.1) is 13.2 Å². The van der Waals surface area contributed by atoms with Crippen LogP contribution in [0.25, 0.3) is 10.9 Å². The largest absolute Gasteiger partial charge is 0.489 e. The van der Waals surface area contributed by atoms with Gasteiger partial charge in [0.1, 0.15) is 5.60 Å². The minimum Gasteiger partial charge on any atom is -0.383 e. The smallest absolute Gasteiger partial charge is 0.383 e. The number of hydrogen-bond acceptors (Lipinski definition) is 4. The van der Waals surface area contributed by atoms with Crippen molar-refractivity contribution in [3.8, 4) is 0 Å². The Bertz CT molecular complexity index is 827. The average Bonchev–Trinajstić information content (AvgIpc) is 3.19. The van der Waals surface area contributed by atoms with Crippen LogP contribution >= 0.6 is 11.8 Å². The number of benzene rings is 1. The standard InChI is InChI=1S/C17H19F3N2O3S/c1-16(23,10-26-13-4-2-3-5-13)15-9-11-8-12(22(24)25)6-7-14(11)21(15)17(18,19)20/h6-9,13,23H,2-5,10H2,1H3. The second kappa shape index (κ2) is 6.77. The number of nitrogens with zero attached hydrogens (tertiary/aromatic N) is 2. The first-order valence-corrected chi connectivity index (χ1v) is 9.36. The maximum absolute atomic E-state index is 13.7. The van der Waals surface area contributed by atoms with Gasteiger partial charge in [-0.25, -0.2) is 0 Å². The summed E-state index contributed by atoms with van der Waals surface area (Å²) in [5.41, 5.74) is -2.50. The molecule has 3 rings (SSSR count). The summed E-state index contributed by atoms with van der Waals surface area (Å²) in [4.78, 5) is 10.2. The molecule has 1 unspecified atom stereocenters. The van der Waals surface area contributed by atoms with Gasteiger partial charge in [0, 0.05) is 28.5 Å². The monoisotopic (exact) mass is 388 g/mol. The summed E-state index contributed by atoms with van der Waals surface area (Å²) in [6.45, 7) is 1.36. The Morgan fingerprint density at radius 2 is 1.96 bits per heavy atom. The maximum atomic E-state index is 13.7. The van der Waals surface area contributed by atoms with E-state index < -0.39 is 16.8 Å². The summed E-state index contributed by atoms with van der Waals surface area (Å²) in [6.07, 6.45) is -0.516. The van der Waals surface area contributed by atoms with E-state index in [2.05, 4.69) is 0 Å². The minimum absolute atomic E-state index is 0.0812. The van der Waals surface area contributed by atoms with Crippen LogP contribution < -0.4 is 0 Å². The molecule has 9 heteroatoms. The number of non-ortho nitro benzene ring substituents is 1. The quantitative estimate of drug-likeness (QED) is 0.584. The predicted molar refractivity (Wildman–Crippen MR) is 94.2 cm³/mol. The number of thioether (sulfide) groups is 1. The molecule has 0 aliphatic heterocycles. The first-order chi connectivity index (χ1) is 12.1. The number of fused-ring (bicyclic) bond motifs is 1. The fourth-order valence-corrected chi connectivity index (χ4v) is 4.77. The Morgan fingerprint density at radius 1 is 1.31 bits per heavy atom. The number of alkyl halides is 3. The summed E-state index contributed by atoms with van der Waals surface area (Å²) in [5.74, 6) is 0.131. The van der Waals surface area contributed by atoms with Crippen molar-refractivity contribution in [1.29, 1.82) is 0 Å². The van der Waals surface area contributed by atoms with Gasteiger partial charge in [-0.05, 0) is 31.9 Å². The summed E-state index contributed by atoms with van der Waals surface area (Å²) < 4.78 is 41.1. The normalized spacial score (nSPS) is 18.3. The van der Waals surface area contributed by atoms with Crippen molar-refractivity contribution in [2.75, 3.05) is 5.75 Å². The topological polar surface area (TPSA) is 68.3 Å². The Kier molecular flexibility index (Phi) is 4.96. The highest BCUT2D eigenvalue weighted by Gasteiger charge is 2.40. The second-order valence-corrected chi connectivity index (χ2v) is 8.11. The molecule has 142 valence electrons. The van der Waals surface area contributed by atoms with E-state index in [-0.39, 0.29) is 32.6 Å². The van der Waals surface area contributed by atoms with Gasteiger partial charge in [0.15, 0.2) is 0 Å². The van der Waals surface area contributed by atoms with Crippen LogP contribution in [0.1, 0.15) is 38.3 Å². The Hall–Kier alpha value is -1.74. The van der Waals surface area contributed by atoms with E-state index in [4.69, 9.17) is 0 Å². The van der Waals surface area contributed by atoms with Crippen molar-refractivity contribution in [3.05, 3.63) is 40.1 Å². The third-order valence-corrected chi connectivity index (χ3v) is 6.38. The summed E-state index contributed by atoms with van der Waals surface area (Å²) in [7, 11) is 0. The lowest BCUT2D eigenvalue weighted by Crippen LogP contribution is -2.32. The van der Waals surface area contributed by atoms with Crippen LogP contribution in [0.15, 0.2) is 24.3 Å². The molecule has 5 nitrogen and oxygen atoms in total. The molecular weight excluding hydrogens is 369 g/mol. The lowest BCUT2D eigenvalue weighted by molar-refractivity contribution is -0.384. The SMILES string of the molecule is CC(O)(CSC1CCCC1)c1cc2cc([N+](=O)[O-])ccc2n1C(F)(F)F. The van der Waals surface area contributed by atoms with Gasteiger partial charge in [0.2, 0.25) is 0 Å². The van der Waals surface area contributed by atoms with Gasteiger partial charge >= 0.3 is 6.30 Å². The Balaban J connectivity index is 2.03. The van der Waals surface area contributed by atoms with E-state index in [1.54, 1.807) is 0 Å². The van der Waals surface area contributed by atoms with Crippen molar-refractivity contribution >= 4 is 28.4 Å². The van der Waals surface area contributed by atoms with Crippen LogP contribution in [0.3, 0.4) is 0 Å². The van der Waals surface area contributed by atoms with Gasteiger partial charge in [-0.1, -0.05) is 12.8 Å². The maximum Gasteiger partial charge on any atom is 0.489 e. The number of halogens is 3. The van der Waals surface area contributed by atoms with Crippen LogP contribution in [0.5, 0.6) is 0 Å². The molecule has 1 aromatic heterocycles. The van der Waals surface area contributed by atoms with E-state index in [1.165, 1.54) is 24.8 Å². The molecule has 1 aliphatic rings. The van der Waals surface area contributed by atoms with Crippen LogP contribution in [0.4, 0.5) is 18.9 Å². The van der Waals surface area contributed by atoms with Crippen LogP contribution in [-0.2, 0) is 11.9 Å². The zero-order chi connectivity index (χ0) is 19.1. The molecule has 1 heterocycles. The molecule has 0 bridgehead atoms. The first kappa shape index (κ1) is 19.0. The Labute approximate surface area is 152 Å². The molecule has 1 fully saturated rings. The van der Waals surface area contributed by atoms with Crippen LogP contribution in [0, 0.1) is 10.1 Å². The fourth-order valence-electron chi connectivity index (χ4n) is 3.39. The molecule has 1 saturated carbocycles. The molecule has 0 saturated heterocycles. The van der Waals surface area contributed by atoms with Crippen molar-refractivity contribution in [2.45, 2.75) is 49.8 Å². The van der Waals surface area contributed by atoms with Gasteiger partial charge in [-0.3, -0.25) is 14.7 Å². The third kappa shape index (κ3) is 3.68. The summed E-state index contributed by atoms with van der Waals surface area (Å²) >= 11 is 1.48. The van der Waals surface area contributed by atoms with Gasteiger partial charge < -0.3 is 5.11 Å². The lowest BCUT2D eigenvalue weighted by Gasteiger charge is -2.27. The van der Waals surface area contributed by atoms with Crippen molar-refractivity contribution in [3.63, 3.8) is 0 Å². The average molecular weight is 388 g/mol.